The minimum atomic E-state index is -4.19. The molecule has 1 amide bonds. The third-order valence-electron chi connectivity index (χ3n) is 3.87. The van der Waals surface area contributed by atoms with Crippen LogP contribution < -0.4 is 14.8 Å². The fourth-order valence-corrected chi connectivity index (χ4v) is 5.00. The number of aryl methyl sites for hydroxylation is 1. The van der Waals surface area contributed by atoms with Crippen molar-refractivity contribution in [3.05, 3.63) is 53.6 Å². The highest BCUT2D eigenvalue weighted by Gasteiger charge is 2.44. The average Bonchev–Trinajstić information content (AvgIpc) is 2.64. The van der Waals surface area contributed by atoms with E-state index in [1.165, 1.54) is 44.6 Å². The lowest BCUT2D eigenvalue weighted by atomic mass is 10.2. The molecule has 1 atom stereocenters. The molecule has 1 N–H and O–H groups in total. The first-order valence-corrected chi connectivity index (χ1v) is 10.6. The topological polar surface area (TPSA) is 81.7 Å². The zero-order valence-electron chi connectivity index (χ0n) is 15.2. The highest BCUT2D eigenvalue weighted by Crippen LogP contribution is 2.36. The largest absolute Gasteiger partial charge is 0.493 e. The maximum Gasteiger partial charge on any atom is 0.252 e. The summed E-state index contributed by atoms with van der Waals surface area (Å²) in [6, 6.07) is 10.3. The van der Waals surface area contributed by atoms with Crippen LogP contribution in [-0.4, -0.2) is 37.7 Å². The van der Waals surface area contributed by atoms with E-state index >= 15 is 0 Å². The lowest BCUT2D eigenvalue weighted by molar-refractivity contribution is 0.0948. The van der Waals surface area contributed by atoms with E-state index in [1.54, 1.807) is 12.1 Å². The van der Waals surface area contributed by atoms with Gasteiger partial charge in [-0.25, -0.2) is 8.42 Å². The number of sulfone groups is 1. The highest BCUT2D eigenvalue weighted by atomic mass is 35.6. The lowest BCUT2D eigenvalue weighted by Gasteiger charge is -2.25. The highest BCUT2D eigenvalue weighted by molar-refractivity contribution is 7.92. The van der Waals surface area contributed by atoms with Crippen molar-refractivity contribution in [3.63, 3.8) is 0 Å². The maximum absolute atomic E-state index is 13.0. The quantitative estimate of drug-likeness (QED) is 0.653. The first-order valence-electron chi connectivity index (χ1n) is 7.91. The van der Waals surface area contributed by atoms with Crippen LogP contribution in [0.1, 0.15) is 15.9 Å². The zero-order chi connectivity index (χ0) is 21.1. The van der Waals surface area contributed by atoms with Gasteiger partial charge in [0.2, 0.25) is 13.6 Å². The minimum absolute atomic E-state index is 0.0814. The molecule has 0 fully saturated rings. The molecule has 0 bridgehead atoms. The summed E-state index contributed by atoms with van der Waals surface area (Å²) in [7, 11) is -1.33. The normalized spacial score (nSPS) is 12.9. The molecule has 0 aliphatic rings. The van der Waals surface area contributed by atoms with E-state index in [1.807, 2.05) is 6.92 Å². The first kappa shape index (κ1) is 22.6. The summed E-state index contributed by atoms with van der Waals surface area (Å²) in [6.07, 6.45) is 0. The van der Waals surface area contributed by atoms with Gasteiger partial charge in [0.25, 0.3) is 5.91 Å². The predicted molar refractivity (Wildman–Crippen MR) is 109 cm³/mol. The van der Waals surface area contributed by atoms with Gasteiger partial charge < -0.3 is 14.8 Å². The van der Waals surface area contributed by atoms with Crippen molar-refractivity contribution in [3.8, 4) is 11.5 Å². The van der Waals surface area contributed by atoms with Gasteiger partial charge in [0.05, 0.1) is 19.1 Å². The Kier molecular flexibility index (Phi) is 7.09. The number of methoxy groups -OCH3 is 2. The van der Waals surface area contributed by atoms with Crippen molar-refractivity contribution < 1.29 is 22.7 Å². The lowest BCUT2D eigenvalue weighted by Crippen LogP contribution is -2.49. The SMILES string of the molecule is COc1ccc(C(=O)N[C@H](C(Cl)(Cl)Cl)S(=O)(=O)c2ccc(C)cc2)cc1OC. The molecule has 0 saturated heterocycles. The molecule has 2 aromatic carbocycles. The molecule has 0 heterocycles. The Balaban J connectivity index is 2.40. The number of rotatable bonds is 6. The third kappa shape index (κ3) is 5.03. The summed E-state index contributed by atoms with van der Waals surface area (Å²) in [4.78, 5) is 12.6. The van der Waals surface area contributed by atoms with Gasteiger partial charge in [-0.15, -0.1) is 0 Å². The second-order valence-corrected chi connectivity index (χ2v) is 10.2. The van der Waals surface area contributed by atoms with E-state index in [0.29, 0.717) is 11.5 Å². The molecule has 152 valence electrons. The van der Waals surface area contributed by atoms with Gasteiger partial charge in [-0.3, -0.25) is 4.79 Å². The Hall–Kier alpha value is -1.67. The van der Waals surface area contributed by atoms with Crippen LogP contribution in [0.5, 0.6) is 11.5 Å². The summed E-state index contributed by atoms with van der Waals surface area (Å²) in [6.45, 7) is 1.81. The summed E-state index contributed by atoms with van der Waals surface area (Å²) >= 11 is 17.7. The smallest absolute Gasteiger partial charge is 0.252 e. The van der Waals surface area contributed by atoms with Crippen LogP contribution in [-0.2, 0) is 9.84 Å². The molecule has 0 saturated carbocycles. The Morgan fingerprint density at radius 3 is 2.07 bits per heavy atom. The van der Waals surface area contributed by atoms with Gasteiger partial charge in [-0.05, 0) is 37.3 Å². The summed E-state index contributed by atoms with van der Waals surface area (Å²) in [5.41, 5.74) is 0.967. The molecule has 6 nitrogen and oxygen atoms in total. The third-order valence-corrected chi connectivity index (χ3v) is 6.93. The number of hydrogen-bond donors (Lipinski definition) is 1. The van der Waals surface area contributed by atoms with Crippen molar-refractivity contribution in [2.24, 2.45) is 0 Å². The zero-order valence-corrected chi connectivity index (χ0v) is 18.3. The van der Waals surface area contributed by atoms with Gasteiger partial charge >= 0.3 is 0 Å². The number of halogens is 3. The molecule has 2 aromatic rings. The number of ether oxygens (including phenoxy) is 2. The average molecular weight is 467 g/mol. The van der Waals surface area contributed by atoms with Crippen molar-refractivity contribution >= 4 is 50.5 Å². The Labute approximate surface area is 178 Å². The predicted octanol–water partition coefficient (Wildman–Crippen LogP) is 3.91. The van der Waals surface area contributed by atoms with Crippen LogP contribution in [0.15, 0.2) is 47.4 Å². The van der Waals surface area contributed by atoms with Crippen LogP contribution in [0, 0.1) is 6.92 Å². The molecule has 0 spiro atoms. The number of hydrogen-bond acceptors (Lipinski definition) is 5. The fraction of sp³-hybridized carbons (Fsp3) is 0.278. The van der Waals surface area contributed by atoms with Crippen LogP contribution in [0.3, 0.4) is 0 Å². The van der Waals surface area contributed by atoms with Crippen molar-refractivity contribution in [1.82, 2.24) is 5.32 Å². The number of carbonyl (C=O) groups is 1. The standard InChI is InChI=1S/C18H18Cl3NO5S/c1-11-4-7-13(8-5-11)28(24,25)17(18(19,20)21)22-16(23)12-6-9-14(26-2)15(10-12)27-3/h4-10,17H,1-3H3,(H,22,23)/t17-/m0/s1. The van der Waals surface area contributed by atoms with Crippen molar-refractivity contribution in [2.75, 3.05) is 14.2 Å². The van der Waals surface area contributed by atoms with Crippen LogP contribution in [0.2, 0.25) is 0 Å². The second-order valence-electron chi connectivity index (χ2n) is 5.82. The maximum atomic E-state index is 13.0. The number of benzene rings is 2. The van der Waals surface area contributed by atoms with E-state index in [-0.39, 0.29) is 10.5 Å². The molecule has 0 aliphatic heterocycles. The Morgan fingerprint density at radius 1 is 1.00 bits per heavy atom. The van der Waals surface area contributed by atoms with Gasteiger partial charge in [0.1, 0.15) is 0 Å². The monoisotopic (exact) mass is 465 g/mol. The summed E-state index contributed by atoms with van der Waals surface area (Å²) < 4.78 is 33.9. The van der Waals surface area contributed by atoms with Gasteiger partial charge in [0.15, 0.2) is 16.9 Å². The van der Waals surface area contributed by atoms with Gasteiger partial charge in [-0.2, -0.15) is 0 Å². The molecule has 2 rings (SSSR count). The Morgan fingerprint density at radius 2 is 1.57 bits per heavy atom. The number of nitrogens with one attached hydrogen (secondary N) is 1. The molecule has 10 heteroatoms. The molecule has 0 unspecified atom stereocenters. The van der Waals surface area contributed by atoms with Crippen LogP contribution in [0.25, 0.3) is 0 Å². The summed E-state index contributed by atoms with van der Waals surface area (Å²) in [5, 5.41) is 0.485. The van der Waals surface area contributed by atoms with Crippen molar-refractivity contribution in [2.45, 2.75) is 21.0 Å². The molecule has 28 heavy (non-hydrogen) atoms. The first-order chi connectivity index (χ1) is 13.0. The van der Waals surface area contributed by atoms with E-state index in [9.17, 15) is 13.2 Å². The fourth-order valence-electron chi connectivity index (χ4n) is 2.38. The summed E-state index contributed by atoms with van der Waals surface area (Å²) in [5.74, 6) is -0.0563. The number of carbonyl (C=O) groups excluding carboxylic acids is 1. The Bertz CT molecular complexity index is 956. The van der Waals surface area contributed by atoms with Gasteiger partial charge in [0, 0.05) is 5.56 Å². The van der Waals surface area contributed by atoms with Crippen molar-refractivity contribution in [1.29, 1.82) is 0 Å². The van der Waals surface area contributed by atoms with Gasteiger partial charge in [-0.1, -0.05) is 52.5 Å². The molecule has 0 aliphatic carbocycles. The van der Waals surface area contributed by atoms with E-state index in [0.717, 1.165) is 5.56 Å². The second kappa shape index (κ2) is 8.78. The van der Waals surface area contributed by atoms with E-state index in [4.69, 9.17) is 44.3 Å². The minimum Gasteiger partial charge on any atom is -0.493 e. The van der Waals surface area contributed by atoms with E-state index < -0.39 is 24.9 Å². The molecular formula is C18H18Cl3NO5S. The number of amides is 1. The molecular weight excluding hydrogens is 449 g/mol. The van der Waals surface area contributed by atoms with E-state index in [2.05, 4.69) is 5.32 Å². The molecule has 0 aromatic heterocycles. The molecule has 0 radical (unpaired) electrons. The number of alkyl halides is 3. The van der Waals surface area contributed by atoms with Crippen LogP contribution in [0.4, 0.5) is 0 Å². The van der Waals surface area contributed by atoms with Crippen LogP contribution >= 0.6 is 34.8 Å².